The van der Waals surface area contributed by atoms with E-state index in [0.717, 1.165) is 20.9 Å². The van der Waals surface area contributed by atoms with Crippen molar-refractivity contribution < 1.29 is 0 Å². The van der Waals surface area contributed by atoms with E-state index in [0.29, 0.717) is 0 Å². The highest BCUT2D eigenvalue weighted by Crippen LogP contribution is 2.29. The van der Waals surface area contributed by atoms with Crippen molar-refractivity contribution in [3.63, 3.8) is 0 Å². The van der Waals surface area contributed by atoms with E-state index in [1.807, 2.05) is 0 Å². The standard InChI is InChI=1S/C8H10Br2N2/c1-2-7(11)8-5(9)3-12-4-6(8)10/h3-4,7H,2,11H2,1H3/t7-/m0/s1. The van der Waals surface area contributed by atoms with Gasteiger partial charge in [-0.25, -0.2) is 0 Å². The van der Waals surface area contributed by atoms with Gasteiger partial charge in [0.15, 0.2) is 0 Å². The summed E-state index contributed by atoms with van der Waals surface area (Å²) < 4.78 is 1.93. The van der Waals surface area contributed by atoms with Gasteiger partial charge in [-0.15, -0.1) is 0 Å². The van der Waals surface area contributed by atoms with E-state index in [9.17, 15) is 0 Å². The van der Waals surface area contributed by atoms with Gasteiger partial charge in [-0.3, -0.25) is 4.98 Å². The minimum atomic E-state index is 0.0664. The molecule has 0 bridgehead atoms. The summed E-state index contributed by atoms with van der Waals surface area (Å²) in [6.45, 7) is 2.06. The van der Waals surface area contributed by atoms with Crippen LogP contribution in [-0.2, 0) is 0 Å². The van der Waals surface area contributed by atoms with Crippen LogP contribution in [0.3, 0.4) is 0 Å². The molecule has 1 heterocycles. The lowest BCUT2D eigenvalue weighted by Gasteiger charge is -2.12. The van der Waals surface area contributed by atoms with Crippen LogP contribution < -0.4 is 5.73 Å². The van der Waals surface area contributed by atoms with Crippen molar-refractivity contribution in [2.45, 2.75) is 19.4 Å². The molecule has 1 aromatic heterocycles. The van der Waals surface area contributed by atoms with E-state index in [1.54, 1.807) is 12.4 Å². The minimum absolute atomic E-state index is 0.0664. The zero-order valence-electron chi connectivity index (χ0n) is 6.72. The molecule has 12 heavy (non-hydrogen) atoms. The number of rotatable bonds is 2. The van der Waals surface area contributed by atoms with Crippen LogP contribution in [0.25, 0.3) is 0 Å². The Morgan fingerprint density at radius 1 is 1.42 bits per heavy atom. The number of halogens is 2. The number of hydrogen-bond acceptors (Lipinski definition) is 2. The molecule has 0 fully saturated rings. The molecule has 0 aromatic carbocycles. The highest BCUT2D eigenvalue weighted by Gasteiger charge is 2.11. The predicted octanol–water partition coefficient (Wildman–Crippen LogP) is 3.02. The zero-order chi connectivity index (χ0) is 9.14. The van der Waals surface area contributed by atoms with Crippen LogP contribution in [0, 0.1) is 0 Å². The minimum Gasteiger partial charge on any atom is -0.324 e. The fraction of sp³-hybridized carbons (Fsp3) is 0.375. The first-order chi connectivity index (χ1) is 5.66. The van der Waals surface area contributed by atoms with Crippen LogP contribution in [0.5, 0.6) is 0 Å². The third-order valence-corrected chi connectivity index (χ3v) is 2.96. The van der Waals surface area contributed by atoms with E-state index in [1.165, 1.54) is 0 Å². The Balaban J connectivity index is 3.12. The molecule has 2 nitrogen and oxygen atoms in total. The first-order valence-corrected chi connectivity index (χ1v) is 5.30. The molecule has 0 aliphatic rings. The van der Waals surface area contributed by atoms with Gasteiger partial charge in [0.2, 0.25) is 0 Å². The molecule has 0 amide bonds. The summed E-state index contributed by atoms with van der Waals surface area (Å²) in [5.41, 5.74) is 7.00. The van der Waals surface area contributed by atoms with Gasteiger partial charge in [0.05, 0.1) is 0 Å². The van der Waals surface area contributed by atoms with Gasteiger partial charge in [0, 0.05) is 32.9 Å². The molecule has 0 radical (unpaired) electrons. The fourth-order valence-electron chi connectivity index (χ4n) is 0.980. The second kappa shape index (κ2) is 4.35. The van der Waals surface area contributed by atoms with Gasteiger partial charge in [-0.1, -0.05) is 6.92 Å². The molecule has 0 unspecified atom stereocenters. The van der Waals surface area contributed by atoms with Crippen molar-refractivity contribution in [1.82, 2.24) is 4.98 Å². The Hall–Kier alpha value is 0.0700. The Kier molecular flexibility index (Phi) is 3.68. The Morgan fingerprint density at radius 3 is 2.33 bits per heavy atom. The maximum atomic E-state index is 5.91. The molecule has 0 spiro atoms. The van der Waals surface area contributed by atoms with Gasteiger partial charge in [-0.05, 0) is 38.3 Å². The lowest BCUT2D eigenvalue weighted by Crippen LogP contribution is -2.10. The van der Waals surface area contributed by atoms with E-state index in [2.05, 4.69) is 43.8 Å². The molecule has 1 atom stereocenters. The average molecular weight is 294 g/mol. The Labute approximate surface area is 88.8 Å². The first-order valence-electron chi connectivity index (χ1n) is 3.71. The largest absolute Gasteiger partial charge is 0.324 e. The average Bonchev–Trinajstić information content (AvgIpc) is 2.03. The van der Waals surface area contributed by atoms with Gasteiger partial charge < -0.3 is 5.73 Å². The Bertz CT molecular complexity index is 256. The van der Waals surface area contributed by atoms with E-state index in [4.69, 9.17) is 5.73 Å². The smallest absolute Gasteiger partial charge is 0.0417 e. The van der Waals surface area contributed by atoms with Crippen LogP contribution in [0.4, 0.5) is 0 Å². The van der Waals surface area contributed by atoms with Gasteiger partial charge in [-0.2, -0.15) is 0 Å². The van der Waals surface area contributed by atoms with E-state index < -0.39 is 0 Å². The number of nitrogens with zero attached hydrogens (tertiary/aromatic N) is 1. The van der Waals surface area contributed by atoms with Crippen molar-refractivity contribution in [1.29, 1.82) is 0 Å². The van der Waals surface area contributed by atoms with Gasteiger partial charge >= 0.3 is 0 Å². The number of pyridine rings is 1. The number of nitrogens with two attached hydrogens (primary N) is 1. The Morgan fingerprint density at radius 2 is 1.92 bits per heavy atom. The van der Waals surface area contributed by atoms with Crippen LogP contribution in [0.1, 0.15) is 24.9 Å². The topological polar surface area (TPSA) is 38.9 Å². The van der Waals surface area contributed by atoms with Gasteiger partial charge in [0.1, 0.15) is 0 Å². The van der Waals surface area contributed by atoms with Crippen LogP contribution in [0.15, 0.2) is 21.3 Å². The maximum absolute atomic E-state index is 5.91. The third-order valence-electron chi connectivity index (χ3n) is 1.70. The molecule has 0 saturated heterocycles. The van der Waals surface area contributed by atoms with E-state index >= 15 is 0 Å². The molecule has 0 saturated carbocycles. The molecule has 0 aliphatic carbocycles. The van der Waals surface area contributed by atoms with E-state index in [-0.39, 0.29) is 6.04 Å². The van der Waals surface area contributed by atoms with Crippen molar-refractivity contribution in [2.24, 2.45) is 5.73 Å². The second-order valence-electron chi connectivity index (χ2n) is 2.53. The van der Waals surface area contributed by atoms with Crippen molar-refractivity contribution in [3.8, 4) is 0 Å². The number of aromatic nitrogens is 1. The van der Waals surface area contributed by atoms with Crippen LogP contribution in [-0.4, -0.2) is 4.98 Å². The van der Waals surface area contributed by atoms with Crippen molar-refractivity contribution in [2.75, 3.05) is 0 Å². The molecular weight excluding hydrogens is 284 g/mol. The van der Waals surface area contributed by atoms with Crippen LogP contribution >= 0.6 is 31.9 Å². The normalized spacial score (nSPS) is 13.0. The predicted molar refractivity (Wildman–Crippen MR) is 56.9 cm³/mol. The molecular formula is C8H10Br2N2. The summed E-state index contributed by atoms with van der Waals surface area (Å²) in [5, 5.41) is 0. The molecule has 2 N–H and O–H groups in total. The summed E-state index contributed by atoms with van der Waals surface area (Å²) in [4.78, 5) is 4.01. The third kappa shape index (κ3) is 2.06. The first kappa shape index (κ1) is 10.2. The summed E-state index contributed by atoms with van der Waals surface area (Å²) >= 11 is 6.83. The van der Waals surface area contributed by atoms with Crippen molar-refractivity contribution in [3.05, 3.63) is 26.9 Å². The molecule has 1 rings (SSSR count). The van der Waals surface area contributed by atoms with Crippen LogP contribution in [0.2, 0.25) is 0 Å². The quantitative estimate of drug-likeness (QED) is 0.910. The number of hydrogen-bond donors (Lipinski definition) is 1. The summed E-state index contributed by atoms with van der Waals surface area (Å²) in [6.07, 6.45) is 4.44. The van der Waals surface area contributed by atoms with Crippen molar-refractivity contribution >= 4 is 31.9 Å². The maximum Gasteiger partial charge on any atom is 0.0417 e. The lowest BCUT2D eigenvalue weighted by molar-refractivity contribution is 0.690. The second-order valence-corrected chi connectivity index (χ2v) is 4.24. The SMILES string of the molecule is CC[C@H](N)c1c(Br)cncc1Br. The molecule has 4 heteroatoms. The molecule has 1 aromatic rings. The highest BCUT2D eigenvalue weighted by molar-refractivity contribution is 9.11. The summed E-state index contributed by atoms with van der Waals surface area (Å²) in [5.74, 6) is 0. The molecule has 66 valence electrons. The van der Waals surface area contributed by atoms with Gasteiger partial charge in [0.25, 0.3) is 0 Å². The fourth-order valence-corrected chi connectivity index (χ4v) is 2.50. The summed E-state index contributed by atoms with van der Waals surface area (Å²) in [7, 11) is 0. The highest BCUT2D eigenvalue weighted by atomic mass is 79.9. The molecule has 0 aliphatic heterocycles. The summed E-state index contributed by atoms with van der Waals surface area (Å²) in [6, 6.07) is 0.0664. The monoisotopic (exact) mass is 292 g/mol. The lowest BCUT2D eigenvalue weighted by atomic mass is 10.1. The zero-order valence-corrected chi connectivity index (χ0v) is 9.89.